The zero-order chi connectivity index (χ0) is 28.1. The second kappa shape index (κ2) is 7.53. The summed E-state index contributed by atoms with van der Waals surface area (Å²) in [6.07, 6.45) is -0.0291. The number of hydrogen-bond donors (Lipinski definition) is 1. The molecule has 1 N–H and O–H groups in total. The molecule has 0 aliphatic carbocycles. The van der Waals surface area contributed by atoms with Gasteiger partial charge in [-0.1, -0.05) is 36.3 Å². The van der Waals surface area contributed by atoms with E-state index in [-0.39, 0.29) is 45.9 Å². The summed E-state index contributed by atoms with van der Waals surface area (Å²) in [5.74, 6) is -0.956. The maximum Gasteiger partial charge on any atom is 0.307 e. The maximum absolute atomic E-state index is 11.3. The Morgan fingerprint density at radius 1 is 1.40 bits per heavy atom. The number of carbonyl (C=O) groups is 1. The van der Waals surface area contributed by atoms with Crippen LogP contribution in [0.2, 0.25) is 0 Å². The number of hydrogen-bond acceptors (Lipinski definition) is 3. The first kappa shape index (κ1) is 7.75. The summed E-state index contributed by atoms with van der Waals surface area (Å²) in [6, 6.07) is 2.41. The number of nitrogens with zero attached hydrogens (tertiary/aromatic N) is 1. The molecule has 25 heavy (non-hydrogen) atoms. The molecule has 0 fully saturated rings. The van der Waals surface area contributed by atoms with Crippen molar-refractivity contribution in [2.75, 3.05) is 20.4 Å². The van der Waals surface area contributed by atoms with Crippen molar-refractivity contribution in [3.05, 3.63) is 70.7 Å². The number of benzene rings is 2. The van der Waals surface area contributed by atoms with Gasteiger partial charge >= 0.3 is 5.97 Å². The van der Waals surface area contributed by atoms with Gasteiger partial charge in [-0.05, 0) is 54.8 Å². The fraction of sp³-hybridized carbons (Fsp3) is 0.286. The average molecular weight is 349 g/mol. The van der Waals surface area contributed by atoms with Gasteiger partial charge in [-0.2, -0.15) is 0 Å². The molecule has 0 spiro atoms. The molecular formula is C21H23NO3. The van der Waals surface area contributed by atoms with Gasteiger partial charge in [0.15, 0.2) is 0 Å². The summed E-state index contributed by atoms with van der Waals surface area (Å²) in [7, 11) is 0. The second-order valence-corrected chi connectivity index (χ2v) is 5.36. The largest absolute Gasteiger partial charge is 0.488 e. The summed E-state index contributed by atoms with van der Waals surface area (Å²) in [5, 5.41) is 9.21. The molecule has 1 heterocycles. The minimum Gasteiger partial charge on any atom is -0.488 e. The molecule has 0 saturated carbocycles. The molecule has 2 aromatic rings. The molecule has 0 amide bonds. The lowest BCUT2D eigenvalue weighted by Gasteiger charge is -2.13. The number of ether oxygens (including phenoxy) is 1. The third-order valence-electron chi connectivity index (χ3n) is 3.65. The molecule has 0 saturated heterocycles. The Balaban J connectivity index is 2.30. The van der Waals surface area contributed by atoms with Crippen LogP contribution >= 0.6 is 0 Å². The van der Waals surface area contributed by atoms with Gasteiger partial charge in [-0.15, -0.1) is 0 Å². The smallest absolute Gasteiger partial charge is 0.307 e. The molecule has 4 nitrogen and oxygen atoms in total. The maximum atomic E-state index is 11.3. The van der Waals surface area contributed by atoms with Crippen LogP contribution in [0.5, 0.6) is 5.75 Å². The molecular weight excluding hydrogens is 314 g/mol. The van der Waals surface area contributed by atoms with E-state index in [0.29, 0.717) is 5.56 Å². The van der Waals surface area contributed by atoms with Gasteiger partial charge in [0.05, 0.1) is 11.9 Å². The van der Waals surface area contributed by atoms with Crippen LogP contribution < -0.4 is 4.74 Å². The molecule has 4 heteroatoms. The van der Waals surface area contributed by atoms with Crippen LogP contribution in [-0.4, -0.2) is 36.4 Å². The van der Waals surface area contributed by atoms with Crippen molar-refractivity contribution in [1.29, 1.82) is 0 Å². The predicted molar refractivity (Wildman–Crippen MR) is 98.8 cm³/mol. The first-order chi connectivity index (χ1) is 16.9. The van der Waals surface area contributed by atoms with E-state index in [1.165, 1.54) is 18.2 Å². The highest BCUT2D eigenvalue weighted by atomic mass is 16.5. The topological polar surface area (TPSA) is 49.8 Å². The predicted octanol–water partition coefficient (Wildman–Crippen LogP) is 3.59. The average Bonchev–Trinajstić information content (AvgIpc) is 2.88. The molecule has 0 aromatic heterocycles. The van der Waals surface area contributed by atoms with Gasteiger partial charge < -0.3 is 14.7 Å². The molecule has 1 aliphatic heterocycles. The van der Waals surface area contributed by atoms with Crippen molar-refractivity contribution in [3.63, 3.8) is 0 Å². The Morgan fingerprint density at radius 2 is 2.24 bits per heavy atom. The summed E-state index contributed by atoms with van der Waals surface area (Å²) in [5.41, 5.74) is 0.550. The minimum atomic E-state index is -3.33. The van der Waals surface area contributed by atoms with E-state index in [1.54, 1.807) is 0 Å². The van der Waals surface area contributed by atoms with Crippen LogP contribution in [0.1, 0.15) is 45.1 Å². The zero-order valence-corrected chi connectivity index (χ0v) is 13.1. The van der Waals surface area contributed by atoms with Gasteiger partial charge in [0, 0.05) is 23.0 Å². The normalized spacial score (nSPS) is 23.2. The van der Waals surface area contributed by atoms with Crippen LogP contribution in [0.25, 0.3) is 5.57 Å². The number of fused-ring (bicyclic) bond motifs is 2. The molecule has 0 unspecified atom stereocenters. The Bertz CT molecular complexity index is 1250. The SMILES string of the molecule is [2H]c1c([2H])c([2H])c2c(c1[2H])COc1ccc(CC(=O)O)cc1/C2=C/CC([2H])([2H])N(C([2H])([2H])[2H])C([2H])([2H])[2H]. The van der Waals surface area contributed by atoms with Crippen molar-refractivity contribution in [2.24, 2.45) is 0 Å². The summed E-state index contributed by atoms with van der Waals surface area (Å²) in [6.45, 7) is -9.87. The monoisotopic (exact) mass is 349 g/mol. The summed E-state index contributed by atoms with van der Waals surface area (Å²) in [4.78, 5) is 11.1. The van der Waals surface area contributed by atoms with Crippen LogP contribution in [0.15, 0.2) is 48.4 Å². The number of aliphatic carboxylic acids is 1. The van der Waals surface area contributed by atoms with Crippen molar-refractivity contribution < 1.29 is 31.1 Å². The summed E-state index contributed by atoms with van der Waals surface area (Å²) < 4.78 is 101. The molecule has 130 valence electrons. The highest BCUT2D eigenvalue weighted by Gasteiger charge is 2.19. The van der Waals surface area contributed by atoms with E-state index < -0.39 is 57.0 Å². The van der Waals surface area contributed by atoms with Crippen molar-refractivity contribution in [1.82, 2.24) is 4.90 Å². The van der Waals surface area contributed by atoms with Crippen LogP contribution in [-0.2, 0) is 17.8 Å². The Labute approximate surface area is 165 Å². The van der Waals surface area contributed by atoms with Gasteiger partial charge in [0.25, 0.3) is 0 Å². The zero-order valence-electron chi connectivity index (χ0n) is 25.1. The highest BCUT2D eigenvalue weighted by molar-refractivity contribution is 5.85. The Morgan fingerprint density at radius 3 is 3.04 bits per heavy atom. The fourth-order valence-electron chi connectivity index (χ4n) is 2.61. The Kier molecular flexibility index (Phi) is 2.33. The quantitative estimate of drug-likeness (QED) is 0.896. The molecule has 0 atom stereocenters. The van der Waals surface area contributed by atoms with Crippen molar-refractivity contribution in [2.45, 2.75) is 19.4 Å². The van der Waals surface area contributed by atoms with Crippen LogP contribution in [0.4, 0.5) is 0 Å². The molecule has 2 aromatic carbocycles. The lowest BCUT2D eigenvalue weighted by atomic mass is 9.92. The van der Waals surface area contributed by atoms with Gasteiger partial charge in [0.1, 0.15) is 12.4 Å². The van der Waals surface area contributed by atoms with E-state index in [1.807, 2.05) is 0 Å². The highest BCUT2D eigenvalue weighted by Crippen LogP contribution is 2.37. The van der Waals surface area contributed by atoms with E-state index in [9.17, 15) is 9.90 Å². The standard InChI is InChI=1S/C21H23NO3/c1-22(2)11-5-8-18-17-7-4-3-6-16(17)14-25-20-10-9-15(12-19(18)20)13-21(23)24/h3-4,6-10,12H,5,11,13-14H2,1-2H3,(H,23,24)/b18-8+/i1D3,2D3,3D,4D,6D,7D,11D2. The number of carboxylic acid groups (broad SMARTS) is 1. The third-order valence-corrected chi connectivity index (χ3v) is 3.65. The van der Waals surface area contributed by atoms with E-state index in [4.69, 9.17) is 21.2 Å². The summed E-state index contributed by atoms with van der Waals surface area (Å²) >= 11 is 0. The number of carboxylic acids is 1. The lowest BCUT2D eigenvalue weighted by molar-refractivity contribution is -0.136. The van der Waals surface area contributed by atoms with Crippen LogP contribution in [0.3, 0.4) is 0 Å². The first-order valence-corrected chi connectivity index (χ1v) is 7.44. The minimum absolute atomic E-state index is 0.0293. The van der Waals surface area contributed by atoms with Gasteiger partial charge in [0.2, 0.25) is 0 Å². The molecule has 1 aliphatic rings. The lowest BCUT2D eigenvalue weighted by Crippen LogP contribution is -2.12. The molecule has 3 rings (SSSR count). The third kappa shape index (κ3) is 4.09. The Hall–Kier alpha value is -2.59. The second-order valence-electron chi connectivity index (χ2n) is 5.36. The van der Waals surface area contributed by atoms with E-state index >= 15 is 0 Å². The van der Waals surface area contributed by atoms with Crippen LogP contribution in [0, 0.1) is 0 Å². The van der Waals surface area contributed by atoms with E-state index in [2.05, 4.69) is 0 Å². The van der Waals surface area contributed by atoms with Crippen molar-refractivity contribution in [3.8, 4) is 5.75 Å². The molecule has 0 radical (unpaired) electrons. The molecule has 0 bridgehead atoms. The van der Waals surface area contributed by atoms with Gasteiger partial charge in [-0.3, -0.25) is 4.79 Å². The van der Waals surface area contributed by atoms with Gasteiger partial charge in [-0.25, -0.2) is 0 Å². The number of rotatable bonds is 5. The van der Waals surface area contributed by atoms with E-state index in [0.717, 1.165) is 6.08 Å². The van der Waals surface area contributed by atoms with Crippen molar-refractivity contribution >= 4 is 11.5 Å². The first-order valence-electron chi connectivity index (χ1n) is 13.4. The fourth-order valence-corrected chi connectivity index (χ4v) is 2.61.